The monoisotopic (exact) mass is 210 g/mol. The number of hydrogen-bond acceptors (Lipinski definition) is 3. The number of aryl methyl sites for hydroxylation is 1. The molecule has 0 saturated carbocycles. The van der Waals surface area contributed by atoms with Crippen molar-refractivity contribution in [1.29, 1.82) is 0 Å². The largest absolute Gasteiger partial charge is 0.399 e. The minimum Gasteiger partial charge on any atom is -0.399 e. The van der Waals surface area contributed by atoms with Crippen molar-refractivity contribution < 1.29 is 0 Å². The second-order valence-electron chi connectivity index (χ2n) is 4.48. The lowest BCUT2D eigenvalue weighted by Gasteiger charge is -2.20. The molecule has 0 saturated heterocycles. The van der Waals surface area contributed by atoms with Gasteiger partial charge in [-0.3, -0.25) is 4.72 Å². The maximum Gasteiger partial charge on any atom is 0.0325 e. The maximum absolute atomic E-state index is 5.73. The summed E-state index contributed by atoms with van der Waals surface area (Å²) in [6, 6.07) is 5.97. The van der Waals surface area contributed by atoms with Gasteiger partial charge in [0.2, 0.25) is 0 Å². The van der Waals surface area contributed by atoms with Crippen LogP contribution in [0.2, 0.25) is 0 Å². The quantitative estimate of drug-likeness (QED) is 0.582. The van der Waals surface area contributed by atoms with Gasteiger partial charge in [0.05, 0.1) is 0 Å². The Hall–Kier alpha value is -0.670. The van der Waals surface area contributed by atoms with Crippen LogP contribution in [0.3, 0.4) is 0 Å². The van der Waals surface area contributed by atoms with Crippen molar-refractivity contribution in [3.05, 3.63) is 23.8 Å². The molecule has 3 N–H and O–H groups in total. The van der Waals surface area contributed by atoms with Crippen molar-refractivity contribution in [3.8, 4) is 0 Å². The SMILES string of the molecule is Cc1ccc(N)cc1SNC(C)(C)C. The van der Waals surface area contributed by atoms with Crippen molar-refractivity contribution in [2.24, 2.45) is 0 Å². The van der Waals surface area contributed by atoms with Crippen molar-refractivity contribution in [2.75, 3.05) is 5.73 Å². The van der Waals surface area contributed by atoms with Crippen LogP contribution < -0.4 is 10.5 Å². The molecule has 1 aromatic rings. The van der Waals surface area contributed by atoms with Crippen LogP contribution in [0.15, 0.2) is 23.1 Å². The van der Waals surface area contributed by atoms with Gasteiger partial charge in [-0.05, 0) is 57.3 Å². The summed E-state index contributed by atoms with van der Waals surface area (Å²) in [5.41, 5.74) is 7.90. The fourth-order valence-electron chi connectivity index (χ4n) is 0.935. The van der Waals surface area contributed by atoms with Crippen LogP contribution in [0.1, 0.15) is 26.3 Å². The lowest BCUT2D eigenvalue weighted by atomic mass is 10.1. The summed E-state index contributed by atoms with van der Waals surface area (Å²) in [6.07, 6.45) is 0. The average molecular weight is 210 g/mol. The fraction of sp³-hybridized carbons (Fsp3) is 0.455. The lowest BCUT2D eigenvalue weighted by molar-refractivity contribution is 0.535. The molecule has 0 spiro atoms. The van der Waals surface area contributed by atoms with E-state index in [1.807, 2.05) is 18.2 Å². The van der Waals surface area contributed by atoms with Gasteiger partial charge in [0.15, 0.2) is 0 Å². The summed E-state index contributed by atoms with van der Waals surface area (Å²) < 4.78 is 3.37. The molecule has 0 aliphatic carbocycles. The molecule has 0 radical (unpaired) electrons. The van der Waals surface area contributed by atoms with Crippen LogP contribution in [0, 0.1) is 6.92 Å². The topological polar surface area (TPSA) is 38.0 Å². The number of nitrogens with two attached hydrogens (primary N) is 1. The Morgan fingerprint density at radius 1 is 1.29 bits per heavy atom. The first kappa shape index (κ1) is 11.4. The Balaban J connectivity index is 2.72. The van der Waals surface area contributed by atoms with Crippen LogP contribution >= 0.6 is 11.9 Å². The zero-order valence-electron chi connectivity index (χ0n) is 9.22. The Morgan fingerprint density at radius 3 is 2.50 bits per heavy atom. The number of anilines is 1. The molecule has 1 rings (SSSR count). The average Bonchev–Trinajstić information content (AvgIpc) is 2.05. The number of nitrogen functional groups attached to an aromatic ring is 1. The third-order valence-corrected chi connectivity index (χ3v) is 3.05. The minimum atomic E-state index is 0.113. The molecule has 0 aliphatic rings. The van der Waals surface area contributed by atoms with Crippen molar-refractivity contribution in [1.82, 2.24) is 4.72 Å². The van der Waals surface area contributed by atoms with Crippen LogP contribution in [-0.2, 0) is 0 Å². The van der Waals surface area contributed by atoms with Gasteiger partial charge in [0.1, 0.15) is 0 Å². The highest BCUT2D eigenvalue weighted by Gasteiger charge is 2.10. The van der Waals surface area contributed by atoms with E-state index in [0.29, 0.717) is 0 Å². The molecule has 14 heavy (non-hydrogen) atoms. The second-order valence-corrected chi connectivity index (χ2v) is 5.33. The first-order valence-electron chi connectivity index (χ1n) is 4.68. The molecule has 78 valence electrons. The van der Waals surface area contributed by atoms with E-state index < -0.39 is 0 Å². The minimum absolute atomic E-state index is 0.113. The van der Waals surface area contributed by atoms with Crippen LogP contribution in [-0.4, -0.2) is 5.54 Å². The fourth-order valence-corrected chi connectivity index (χ4v) is 1.77. The van der Waals surface area contributed by atoms with Gasteiger partial charge in [0.25, 0.3) is 0 Å². The number of benzene rings is 1. The zero-order chi connectivity index (χ0) is 10.8. The Kier molecular flexibility index (Phi) is 3.45. The molecule has 0 bridgehead atoms. The molecule has 2 nitrogen and oxygen atoms in total. The van der Waals surface area contributed by atoms with E-state index >= 15 is 0 Å². The molecule has 3 heteroatoms. The summed E-state index contributed by atoms with van der Waals surface area (Å²) in [6.45, 7) is 8.51. The van der Waals surface area contributed by atoms with E-state index in [0.717, 1.165) is 5.69 Å². The van der Waals surface area contributed by atoms with E-state index in [4.69, 9.17) is 5.73 Å². The predicted octanol–water partition coefficient (Wildman–Crippen LogP) is 2.97. The van der Waals surface area contributed by atoms with Gasteiger partial charge < -0.3 is 5.73 Å². The van der Waals surface area contributed by atoms with Crippen molar-refractivity contribution >= 4 is 17.6 Å². The highest BCUT2D eigenvalue weighted by molar-refractivity contribution is 7.97. The smallest absolute Gasteiger partial charge is 0.0325 e. The van der Waals surface area contributed by atoms with Crippen molar-refractivity contribution in [3.63, 3.8) is 0 Å². The normalized spacial score (nSPS) is 11.7. The van der Waals surface area contributed by atoms with E-state index in [2.05, 4.69) is 32.4 Å². The highest BCUT2D eigenvalue weighted by Crippen LogP contribution is 2.24. The van der Waals surface area contributed by atoms with E-state index in [1.54, 1.807) is 11.9 Å². The van der Waals surface area contributed by atoms with E-state index in [9.17, 15) is 0 Å². The first-order chi connectivity index (χ1) is 6.38. The summed E-state index contributed by atoms with van der Waals surface area (Å²) in [4.78, 5) is 1.19. The van der Waals surface area contributed by atoms with Crippen LogP contribution in [0.5, 0.6) is 0 Å². The van der Waals surface area contributed by atoms with Crippen LogP contribution in [0.4, 0.5) is 5.69 Å². The van der Waals surface area contributed by atoms with E-state index in [1.165, 1.54) is 10.5 Å². The molecular weight excluding hydrogens is 192 g/mol. The van der Waals surface area contributed by atoms with Gasteiger partial charge in [-0.2, -0.15) is 0 Å². The summed E-state index contributed by atoms with van der Waals surface area (Å²) in [5.74, 6) is 0. The Bertz CT molecular complexity index is 316. The Morgan fingerprint density at radius 2 is 1.93 bits per heavy atom. The lowest BCUT2D eigenvalue weighted by Crippen LogP contribution is -2.29. The Labute approximate surface area is 90.4 Å². The number of rotatable bonds is 2. The predicted molar refractivity (Wildman–Crippen MR) is 64.3 cm³/mol. The molecule has 0 aliphatic heterocycles. The van der Waals surface area contributed by atoms with Gasteiger partial charge in [0, 0.05) is 16.1 Å². The molecule has 0 aromatic heterocycles. The zero-order valence-corrected chi connectivity index (χ0v) is 10.0. The third-order valence-electron chi connectivity index (χ3n) is 1.68. The standard InChI is InChI=1S/C11H18N2S/c1-8-5-6-9(12)7-10(8)14-13-11(2,3)4/h5-7,13H,12H2,1-4H3. The summed E-state index contributed by atoms with van der Waals surface area (Å²) >= 11 is 1.64. The van der Waals surface area contributed by atoms with Crippen molar-refractivity contribution in [2.45, 2.75) is 38.1 Å². The number of nitrogens with one attached hydrogen (secondary N) is 1. The third kappa shape index (κ3) is 3.60. The molecule has 0 heterocycles. The van der Waals surface area contributed by atoms with Gasteiger partial charge in [-0.25, -0.2) is 0 Å². The molecular formula is C11H18N2S. The number of hydrogen-bond donors (Lipinski definition) is 2. The highest BCUT2D eigenvalue weighted by atomic mass is 32.2. The summed E-state index contributed by atoms with van der Waals surface area (Å²) in [5, 5.41) is 0. The first-order valence-corrected chi connectivity index (χ1v) is 5.50. The molecule has 0 amide bonds. The van der Waals surface area contributed by atoms with E-state index in [-0.39, 0.29) is 5.54 Å². The molecule has 0 fully saturated rings. The van der Waals surface area contributed by atoms with Gasteiger partial charge >= 0.3 is 0 Å². The second kappa shape index (κ2) is 4.24. The summed E-state index contributed by atoms with van der Waals surface area (Å²) in [7, 11) is 0. The molecule has 0 atom stereocenters. The van der Waals surface area contributed by atoms with Gasteiger partial charge in [-0.1, -0.05) is 6.07 Å². The molecule has 0 unspecified atom stereocenters. The maximum atomic E-state index is 5.73. The van der Waals surface area contributed by atoms with Crippen LogP contribution in [0.25, 0.3) is 0 Å². The molecule has 1 aromatic carbocycles. The van der Waals surface area contributed by atoms with Gasteiger partial charge in [-0.15, -0.1) is 0 Å².